The van der Waals surface area contributed by atoms with E-state index in [1.54, 1.807) is 0 Å². The van der Waals surface area contributed by atoms with Gasteiger partial charge in [0.05, 0.1) is 0 Å². The molecule has 0 radical (unpaired) electrons. The Morgan fingerprint density at radius 3 is 2.38 bits per heavy atom. The van der Waals surface area contributed by atoms with Gasteiger partial charge < -0.3 is 0 Å². The molecule has 4 aliphatic rings. The van der Waals surface area contributed by atoms with E-state index in [1.807, 2.05) is 0 Å². The second-order valence-corrected chi connectivity index (χ2v) is 5.60. The van der Waals surface area contributed by atoms with Crippen molar-refractivity contribution in [2.75, 3.05) is 0 Å². The third-order valence-corrected chi connectivity index (χ3v) is 4.87. The standard InChI is InChI=1S/C12H18O/c1-2-12-5-8-3-9(6-12)11(13)10(4-8)7-12/h8-10H,2-7H2,1H3. The number of hydrogen-bond acceptors (Lipinski definition) is 1. The Kier molecular flexibility index (Phi) is 1.46. The summed E-state index contributed by atoms with van der Waals surface area (Å²) in [5.41, 5.74) is 0.602. The molecule has 1 heteroatoms. The topological polar surface area (TPSA) is 17.1 Å². The van der Waals surface area contributed by atoms with E-state index in [9.17, 15) is 4.79 Å². The molecule has 0 aromatic heterocycles. The van der Waals surface area contributed by atoms with Crippen LogP contribution in [0.3, 0.4) is 0 Å². The van der Waals surface area contributed by atoms with Crippen LogP contribution in [0.25, 0.3) is 0 Å². The molecule has 4 aliphatic carbocycles. The molecular formula is C12H18O. The summed E-state index contributed by atoms with van der Waals surface area (Å²) in [6, 6.07) is 0. The lowest BCUT2D eigenvalue weighted by Gasteiger charge is -2.55. The largest absolute Gasteiger partial charge is 0.299 e. The highest BCUT2D eigenvalue weighted by Gasteiger charge is 2.53. The summed E-state index contributed by atoms with van der Waals surface area (Å²) < 4.78 is 0. The number of carbonyl (C=O) groups is 1. The molecule has 0 aromatic rings. The van der Waals surface area contributed by atoms with Gasteiger partial charge in [-0.05, 0) is 43.4 Å². The summed E-state index contributed by atoms with van der Waals surface area (Å²) in [7, 11) is 0. The van der Waals surface area contributed by atoms with E-state index in [0.717, 1.165) is 5.92 Å². The molecule has 2 atom stereocenters. The molecule has 4 bridgehead atoms. The van der Waals surface area contributed by atoms with E-state index in [0.29, 0.717) is 23.0 Å². The lowest BCUT2D eigenvalue weighted by atomic mass is 9.48. The summed E-state index contributed by atoms with van der Waals surface area (Å²) in [5, 5.41) is 0. The number of rotatable bonds is 1. The first-order valence-electron chi connectivity index (χ1n) is 5.76. The molecule has 0 aliphatic heterocycles. The van der Waals surface area contributed by atoms with Gasteiger partial charge >= 0.3 is 0 Å². The molecule has 72 valence electrons. The van der Waals surface area contributed by atoms with E-state index < -0.39 is 0 Å². The molecular weight excluding hydrogens is 160 g/mol. The fourth-order valence-corrected chi connectivity index (χ4v) is 4.34. The minimum Gasteiger partial charge on any atom is -0.299 e. The van der Waals surface area contributed by atoms with Crippen molar-refractivity contribution >= 4 is 5.78 Å². The van der Waals surface area contributed by atoms with Crippen LogP contribution in [0.4, 0.5) is 0 Å². The van der Waals surface area contributed by atoms with Crippen molar-refractivity contribution in [1.82, 2.24) is 0 Å². The van der Waals surface area contributed by atoms with Gasteiger partial charge in [0, 0.05) is 11.8 Å². The van der Waals surface area contributed by atoms with Gasteiger partial charge in [0.2, 0.25) is 0 Å². The van der Waals surface area contributed by atoms with Gasteiger partial charge in [-0.2, -0.15) is 0 Å². The fourth-order valence-electron chi connectivity index (χ4n) is 4.34. The summed E-state index contributed by atoms with van der Waals surface area (Å²) in [6.45, 7) is 2.32. The van der Waals surface area contributed by atoms with Crippen molar-refractivity contribution in [1.29, 1.82) is 0 Å². The van der Waals surface area contributed by atoms with Crippen LogP contribution >= 0.6 is 0 Å². The summed E-state index contributed by atoms with van der Waals surface area (Å²) >= 11 is 0. The van der Waals surface area contributed by atoms with E-state index in [2.05, 4.69) is 6.92 Å². The molecule has 0 amide bonds. The molecule has 0 heterocycles. The van der Waals surface area contributed by atoms with Crippen LogP contribution in [0.2, 0.25) is 0 Å². The van der Waals surface area contributed by atoms with Crippen molar-refractivity contribution in [3.8, 4) is 0 Å². The minimum absolute atomic E-state index is 0.478. The average molecular weight is 178 g/mol. The van der Waals surface area contributed by atoms with E-state index in [1.165, 1.54) is 38.5 Å². The number of Topliss-reactive ketones (excluding diaryl/α,β-unsaturated/α-hetero) is 1. The SMILES string of the molecule is CCC12CC3CC(C1)C(=O)C(C3)C2. The second-order valence-electron chi connectivity index (χ2n) is 5.60. The van der Waals surface area contributed by atoms with Gasteiger partial charge in [-0.3, -0.25) is 4.79 Å². The lowest BCUT2D eigenvalue weighted by molar-refractivity contribution is -0.147. The van der Waals surface area contributed by atoms with Crippen molar-refractivity contribution in [2.24, 2.45) is 23.2 Å². The zero-order valence-electron chi connectivity index (χ0n) is 8.38. The quantitative estimate of drug-likeness (QED) is 0.603. The Morgan fingerprint density at radius 1 is 1.23 bits per heavy atom. The normalized spacial score (nSPS) is 53.0. The van der Waals surface area contributed by atoms with Crippen molar-refractivity contribution < 1.29 is 4.79 Å². The number of hydrogen-bond donors (Lipinski definition) is 0. The Balaban J connectivity index is 1.96. The summed E-state index contributed by atoms with van der Waals surface area (Å²) in [5.74, 6) is 2.49. The second kappa shape index (κ2) is 2.37. The third-order valence-electron chi connectivity index (χ3n) is 4.87. The van der Waals surface area contributed by atoms with Gasteiger partial charge in [-0.1, -0.05) is 13.3 Å². The summed E-state index contributed by atoms with van der Waals surface area (Å²) in [6.07, 6.45) is 7.67. The van der Waals surface area contributed by atoms with Gasteiger partial charge in [-0.25, -0.2) is 0 Å². The molecule has 0 spiro atoms. The molecule has 2 unspecified atom stereocenters. The zero-order valence-corrected chi connectivity index (χ0v) is 8.38. The highest BCUT2D eigenvalue weighted by molar-refractivity contribution is 5.85. The predicted molar refractivity (Wildman–Crippen MR) is 51.3 cm³/mol. The first-order chi connectivity index (χ1) is 6.22. The minimum atomic E-state index is 0.478. The average Bonchev–Trinajstić information content (AvgIpc) is 2.13. The molecule has 1 nitrogen and oxygen atoms in total. The van der Waals surface area contributed by atoms with Gasteiger partial charge in [0.25, 0.3) is 0 Å². The molecule has 0 aromatic carbocycles. The molecule has 0 saturated heterocycles. The molecule has 0 N–H and O–H groups in total. The first kappa shape index (κ1) is 8.02. The van der Waals surface area contributed by atoms with Gasteiger partial charge in [-0.15, -0.1) is 0 Å². The van der Waals surface area contributed by atoms with Crippen LogP contribution in [0.5, 0.6) is 0 Å². The van der Waals surface area contributed by atoms with Crippen LogP contribution in [-0.4, -0.2) is 5.78 Å². The fraction of sp³-hybridized carbons (Fsp3) is 0.917. The molecule has 4 rings (SSSR count). The van der Waals surface area contributed by atoms with Crippen LogP contribution in [-0.2, 0) is 4.79 Å². The monoisotopic (exact) mass is 178 g/mol. The van der Waals surface area contributed by atoms with Gasteiger partial charge in [0.15, 0.2) is 0 Å². The smallest absolute Gasteiger partial charge is 0.139 e. The maximum atomic E-state index is 11.8. The molecule has 4 fully saturated rings. The number of ketones is 1. The third kappa shape index (κ3) is 0.963. The molecule has 4 saturated carbocycles. The predicted octanol–water partition coefficient (Wildman–Crippen LogP) is 2.79. The number of carbonyl (C=O) groups excluding carboxylic acids is 1. The van der Waals surface area contributed by atoms with Crippen LogP contribution in [0, 0.1) is 23.2 Å². The summed E-state index contributed by atoms with van der Waals surface area (Å²) in [4.78, 5) is 11.8. The Labute approximate surface area is 79.9 Å². The highest BCUT2D eigenvalue weighted by Crippen LogP contribution is 2.59. The van der Waals surface area contributed by atoms with Gasteiger partial charge in [0.1, 0.15) is 5.78 Å². The van der Waals surface area contributed by atoms with Crippen LogP contribution in [0.15, 0.2) is 0 Å². The lowest BCUT2D eigenvalue weighted by Crippen LogP contribution is -2.51. The van der Waals surface area contributed by atoms with Crippen molar-refractivity contribution in [2.45, 2.75) is 45.4 Å². The van der Waals surface area contributed by atoms with E-state index in [-0.39, 0.29) is 0 Å². The van der Waals surface area contributed by atoms with Crippen LogP contribution in [0.1, 0.15) is 45.4 Å². The first-order valence-corrected chi connectivity index (χ1v) is 5.76. The van der Waals surface area contributed by atoms with E-state index >= 15 is 0 Å². The zero-order chi connectivity index (χ0) is 9.05. The van der Waals surface area contributed by atoms with Crippen LogP contribution < -0.4 is 0 Å². The van der Waals surface area contributed by atoms with Crippen molar-refractivity contribution in [3.63, 3.8) is 0 Å². The Hall–Kier alpha value is -0.330. The Bertz CT molecular complexity index is 238. The Morgan fingerprint density at radius 2 is 1.85 bits per heavy atom. The maximum Gasteiger partial charge on any atom is 0.139 e. The molecule has 13 heavy (non-hydrogen) atoms. The highest BCUT2D eigenvalue weighted by atomic mass is 16.1. The van der Waals surface area contributed by atoms with E-state index in [4.69, 9.17) is 0 Å². The van der Waals surface area contributed by atoms with Crippen molar-refractivity contribution in [3.05, 3.63) is 0 Å². The maximum absolute atomic E-state index is 11.8.